The molecule has 1 saturated carbocycles. The van der Waals surface area contributed by atoms with Crippen molar-refractivity contribution in [2.24, 2.45) is 11.8 Å². The Kier molecular flexibility index (Phi) is 3.80. The van der Waals surface area contributed by atoms with E-state index in [1.165, 1.54) is 12.7 Å². The molecule has 0 amide bonds. The van der Waals surface area contributed by atoms with Gasteiger partial charge in [0.25, 0.3) is 0 Å². The molecule has 0 unspecified atom stereocenters. The quantitative estimate of drug-likeness (QED) is 0.592. The van der Waals surface area contributed by atoms with Crippen molar-refractivity contribution in [1.82, 2.24) is 0 Å². The number of Topliss-reactive ketones (excluding diaryl/α,β-unsaturated/α-hetero) is 1. The molecular formula is C15H18O3. The topological polar surface area (TPSA) is 43.4 Å². The number of esters is 1. The predicted molar refractivity (Wildman–Crippen MR) is 68.4 cm³/mol. The summed E-state index contributed by atoms with van der Waals surface area (Å²) in [5.74, 6) is -0.600. The number of hydrogen-bond acceptors (Lipinski definition) is 3. The molecule has 3 heteroatoms. The van der Waals surface area contributed by atoms with Crippen LogP contribution in [0.4, 0.5) is 0 Å². The Balaban J connectivity index is 2.00. The molecule has 0 saturated heterocycles. The summed E-state index contributed by atoms with van der Waals surface area (Å²) < 4.78 is 4.65. The van der Waals surface area contributed by atoms with E-state index < -0.39 is 0 Å². The number of carbonyl (C=O) groups is 2. The third kappa shape index (κ3) is 2.61. The second kappa shape index (κ2) is 5.34. The third-order valence-corrected chi connectivity index (χ3v) is 3.41. The Bertz CT molecular complexity index is 447. The lowest BCUT2D eigenvalue weighted by Gasteiger charge is -2.02. The van der Waals surface area contributed by atoms with Gasteiger partial charge in [0.15, 0.2) is 5.78 Å². The standard InChI is InChI=1S/C15H18O3/c1-3-4-10-5-7-11(8-6-10)14(16)12-9-13(12)15(17)18-2/h5-8,12-13H,3-4,9H2,1-2H3/t12-,13-/m0/s1. The Morgan fingerprint density at radius 2 is 1.89 bits per heavy atom. The van der Waals surface area contributed by atoms with E-state index >= 15 is 0 Å². The molecular weight excluding hydrogens is 228 g/mol. The van der Waals surface area contributed by atoms with Crippen molar-refractivity contribution < 1.29 is 14.3 Å². The summed E-state index contributed by atoms with van der Waals surface area (Å²) in [4.78, 5) is 23.4. The summed E-state index contributed by atoms with van der Waals surface area (Å²) in [6.07, 6.45) is 2.76. The molecule has 1 fully saturated rings. The van der Waals surface area contributed by atoms with Gasteiger partial charge in [-0.05, 0) is 18.4 Å². The van der Waals surface area contributed by atoms with Crippen LogP contribution in [0.25, 0.3) is 0 Å². The van der Waals surface area contributed by atoms with Crippen molar-refractivity contribution in [2.75, 3.05) is 7.11 Å². The van der Waals surface area contributed by atoms with Crippen LogP contribution in [0.1, 0.15) is 35.7 Å². The molecule has 0 radical (unpaired) electrons. The minimum absolute atomic E-state index is 0.0634. The van der Waals surface area contributed by atoms with Gasteiger partial charge in [-0.2, -0.15) is 0 Å². The normalized spacial score (nSPS) is 21.4. The van der Waals surface area contributed by atoms with Gasteiger partial charge < -0.3 is 4.74 Å². The Morgan fingerprint density at radius 3 is 2.44 bits per heavy atom. The fraction of sp³-hybridized carbons (Fsp3) is 0.467. The summed E-state index contributed by atoms with van der Waals surface area (Å²) in [7, 11) is 1.36. The van der Waals surface area contributed by atoms with Crippen molar-refractivity contribution in [3.63, 3.8) is 0 Å². The first kappa shape index (κ1) is 12.8. The molecule has 1 aliphatic carbocycles. The highest BCUT2D eigenvalue weighted by molar-refractivity contribution is 6.02. The van der Waals surface area contributed by atoms with E-state index in [1.54, 1.807) is 0 Å². The summed E-state index contributed by atoms with van der Waals surface area (Å²) in [6, 6.07) is 7.71. The molecule has 0 heterocycles. The molecule has 1 aromatic rings. The maximum atomic E-state index is 12.1. The largest absolute Gasteiger partial charge is 0.469 e. The number of rotatable bonds is 5. The van der Waals surface area contributed by atoms with Gasteiger partial charge >= 0.3 is 5.97 Å². The van der Waals surface area contributed by atoms with Crippen LogP contribution < -0.4 is 0 Å². The SMILES string of the molecule is CCCc1ccc(C(=O)[C@H]2C[C@@H]2C(=O)OC)cc1. The zero-order valence-corrected chi connectivity index (χ0v) is 10.8. The van der Waals surface area contributed by atoms with Crippen LogP contribution in [0, 0.1) is 11.8 Å². The minimum Gasteiger partial charge on any atom is -0.469 e. The average Bonchev–Trinajstić information content (AvgIpc) is 3.18. The lowest BCUT2D eigenvalue weighted by molar-refractivity contribution is -0.142. The van der Waals surface area contributed by atoms with E-state index in [0.717, 1.165) is 12.8 Å². The zero-order valence-electron chi connectivity index (χ0n) is 10.8. The van der Waals surface area contributed by atoms with E-state index in [0.29, 0.717) is 12.0 Å². The summed E-state index contributed by atoms with van der Waals surface area (Å²) in [5.41, 5.74) is 1.95. The molecule has 96 valence electrons. The number of hydrogen-bond donors (Lipinski definition) is 0. The van der Waals surface area contributed by atoms with Crippen LogP contribution in [0.3, 0.4) is 0 Å². The molecule has 1 aliphatic rings. The molecule has 3 nitrogen and oxygen atoms in total. The van der Waals surface area contributed by atoms with Crippen LogP contribution in [-0.2, 0) is 16.0 Å². The van der Waals surface area contributed by atoms with Gasteiger partial charge in [-0.25, -0.2) is 0 Å². The van der Waals surface area contributed by atoms with Gasteiger partial charge in [-0.1, -0.05) is 37.6 Å². The molecule has 18 heavy (non-hydrogen) atoms. The van der Waals surface area contributed by atoms with E-state index in [-0.39, 0.29) is 23.6 Å². The molecule has 0 aromatic heterocycles. The number of ether oxygens (including phenoxy) is 1. The average molecular weight is 246 g/mol. The number of carbonyl (C=O) groups excluding carboxylic acids is 2. The monoisotopic (exact) mass is 246 g/mol. The number of benzene rings is 1. The van der Waals surface area contributed by atoms with Crippen molar-refractivity contribution in [2.45, 2.75) is 26.2 Å². The van der Waals surface area contributed by atoms with Crippen molar-refractivity contribution in [3.8, 4) is 0 Å². The van der Waals surface area contributed by atoms with Gasteiger partial charge in [-0.3, -0.25) is 9.59 Å². The summed E-state index contributed by atoms with van der Waals surface area (Å²) in [5, 5.41) is 0. The van der Waals surface area contributed by atoms with E-state index in [9.17, 15) is 9.59 Å². The van der Waals surface area contributed by atoms with E-state index in [4.69, 9.17) is 0 Å². The fourth-order valence-electron chi connectivity index (χ4n) is 2.24. The second-order valence-electron chi connectivity index (χ2n) is 4.78. The Labute approximate surface area is 107 Å². The highest BCUT2D eigenvalue weighted by Gasteiger charge is 2.48. The molecule has 0 bridgehead atoms. The maximum Gasteiger partial charge on any atom is 0.309 e. The predicted octanol–water partition coefficient (Wildman–Crippen LogP) is 2.63. The van der Waals surface area contributed by atoms with Crippen molar-refractivity contribution in [3.05, 3.63) is 35.4 Å². The molecule has 2 rings (SSSR count). The lowest BCUT2D eigenvalue weighted by Crippen LogP contribution is -2.10. The van der Waals surface area contributed by atoms with E-state index in [1.807, 2.05) is 24.3 Å². The molecule has 2 atom stereocenters. The first-order valence-electron chi connectivity index (χ1n) is 6.38. The van der Waals surface area contributed by atoms with Crippen molar-refractivity contribution >= 4 is 11.8 Å². The maximum absolute atomic E-state index is 12.1. The van der Waals surface area contributed by atoms with Gasteiger partial charge in [0, 0.05) is 11.5 Å². The minimum atomic E-state index is -0.268. The van der Waals surface area contributed by atoms with Gasteiger partial charge in [0.1, 0.15) is 0 Å². The summed E-state index contributed by atoms with van der Waals surface area (Å²) in [6.45, 7) is 2.13. The Hall–Kier alpha value is -1.64. The van der Waals surface area contributed by atoms with Crippen LogP contribution in [0.5, 0.6) is 0 Å². The second-order valence-corrected chi connectivity index (χ2v) is 4.78. The summed E-state index contributed by atoms with van der Waals surface area (Å²) >= 11 is 0. The number of aryl methyl sites for hydroxylation is 1. The smallest absolute Gasteiger partial charge is 0.309 e. The van der Waals surface area contributed by atoms with Crippen molar-refractivity contribution in [1.29, 1.82) is 0 Å². The first-order valence-corrected chi connectivity index (χ1v) is 6.38. The highest BCUT2D eigenvalue weighted by Crippen LogP contribution is 2.41. The molecule has 0 spiro atoms. The molecule has 1 aromatic carbocycles. The fourth-order valence-corrected chi connectivity index (χ4v) is 2.24. The van der Waals surface area contributed by atoms with Crippen LogP contribution in [0.15, 0.2) is 24.3 Å². The van der Waals surface area contributed by atoms with Gasteiger partial charge in [-0.15, -0.1) is 0 Å². The number of methoxy groups -OCH3 is 1. The lowest BCUT2D eigenvalue weighted by atomic mass is 10.0. The highest BCUT2D eigenvalue weighted by atomic mass is 16.5. The van der Waals surface area contributed by atoms with Crippen LogP contribution in [0.2, 0.25) is 0 Å². The molecule has 0 N–H and O–H groups in total. The van der Waals surface area contributed by atoms with E-state index in [2.05, 4.69) is 11.7 Å². The van der Waals surface area contributed by atoms with Crippen LogP contribution in [-0.4, -0.2) is 18.9 Å². The Morgan fingerprint density at radius 1 is 1.22 bits per heavy atom. The molecule has 0 aliphatic heterocycles. The third-order valence-electron chi connectivity index (χ3n) is 3.41. The van der Waals surface area contributed by atoms with Gasteiger partial charge in [0.2, 0.25) is 0 Å². The first-order chi connectivity index (χ1) is 8.67. The van der Waals surface area contributed by atoms with Crippen LogP contribution >= 0.6 is 0 Å². The van der Waals surface area contributed by atoms with Gasteiger partial charge in [0.05, 0.1) is 13.0 Å². The zero-order chi connectivity index (χ0) is 13.1. The number of ketones is 1.